The summed E-state index contributed by atoms with van der Waals surface area (Å²) in [5.74, 6) is -0.605. The van der Waals surface area contributed by atoms with Crippen molar-refractivity contribution in [2.24, 2.45) is 5.92 Å². The van der Waals surface area contributed by atoms with E-state index in [9.17, 15) is 14.4 Å². The Morgan fingerprint density at radius 3 is 2.76 bits per heavy atom. The molecule has 7 nitrogen and oxygen atoms in total. The molecular formula is C21H18ClNO6. The maximum absolute atomic E-state index is 12.4. The van der Waals surface area contributed by atoms with Crippen LogP contribution in [-0.4, -0.2) is 42.5 Å². The molecule has 0 saturated carbocycles. The van der Waals surface area contributed by atoms with Gasteiger partial charge in [0.15, 0.2) is 23.9 Å². The fourth-order valence-corrected chi connectivity index (χ4v) is 3.52. The van der Waals surface area contributed by atoms with E-state index < -0.39 is 18.5 Å². The smallest absolute Gasteiger partial charge is 0.311 e. The minimum atomic E-state index is -0.602. The average molecular weight is 416 g/mol. The largest absolute Gasteiger partial charge is 0.457 e. The van der Waals surface area contributed by atoms with E-state index in [2.05, 4.69) is 0 Å². The quantitative estimate of drug-likeness (QED) is 0.533. The van der Waals surface area contributed by atoms with Crippen LogP contribution in [0.25, 0.3) is 0 Å². The maximum Gasteiger partial charge on any atom is 0.311 e. The fourth-order valence-electron chi connectivity index (χ4n) is 3.32. The molecule has 0 radical (unpaired) electrons. The summed E-state index contributed by atoms with van der Waals surface area (Å²) in [6.07, 6.45) is 0.0570. The number of likely N-dealkylation sites (tertiary alicyclic amines) is 1. The molecule has 0 bridgehead atoms. The zero-order valence-electron chi connectivity index (χ0n) is 15.4. The third kappa shape index (κ3) is 4.19. The molecule has 2 heterocycles. The van der Waals surface area contributed by atoms with Gasteiger partial charge in [-0.25, -0.2) is 0 Å². The molecule has 0 aromatic heterocycles. The number of ether oxygens (including phenoxy) is 3. The Bertz CT molecular complexity index is 975. The first kappa shape index (κ1) is 19.3. The number of halogens is 1. The highest BCUT2D eigenvalue weighted by molar-refractivity contribution is 6.31. The van der Waals surface area contributed by atoms with Crippen LogP contribution in [0.2, 0.25) is 5.02 Å². The van der Waals surface area contributed by atoms with Gasteiger partial charge < -0.3 is 19.1 Å². The number of Topliss-reactive ketones (excluding diaryl/α,β-unsaturated/α-hetero) is 1. The lowest BCUT2D eigenvalue weighted by Gasteiger charge is -2.17. The van der Waals surface area contributed by atoms with Crippen LogP contribution in [0.4, 0.5) is 0 Å². The number of esters is 1. The van der Waals surface area contributed by atoms with Gasteiger partial charge in [-0.2, -0.15) is 0 Å². The SMILES string of the molecule is O=C(COC(=O)[C@@H]1CC(=O)N(Cc2ccccc2Cl)C1)c1ccc2c(c1)OCO2. The Balaban J connectivity index is 1.31. The molecule has 0 aliphatic carbocycles. The summed E-state index contributed by atoms with van der Waals surface area (Å²) in [6.45, 7) is 0.287. The van der Waals surface area contributed by atoms with Gasteiger partial charge in [-0.1, -0.05) is 29.8 Å². The van der Waals surface area contributed by atoms with Gasteiger partial charge >= 0.3 is 5.97 Å². The first-order chi connectivity index (χ1) is 14.0. The second-order valence-corrected chi connectivity index (χ2v) is 7.27. The van der Waals surface area contributed by atoms with Crippen molar-refractivity contribution in [1.82, 2.24) is 4.90 Å². The van der Waals surface area contributed by atoms with Crippen molar-refractivity contribution in [3.05, 3.63) is 58.6 Å². The van der Waals surface area contributed by atoms with Crippen LogP contribution in [0.3, 0.4) is 0 Å². The molecule has 150 valence electrons. The fraction of sp³-hybridized carbons (Fsp3) is 0.286. The van der Waals surface area contributed by atoms with E-state index in [0.29, 0.717) is 28.6 Å². The van der Waals surface area contributed by atoms with E-state index in [1.807, 2.05) is 18.2 Å². The van der Waals surface area contributed by atoms with E-state index in [4.69, 9.17) is 25.8 Å². The summed E-state index contributed by atoms with van der Waals surface area (Å²) in [7, 11) is 0. The Kier molecular flexibility index (Phi) is 5.40. The molecule has 0 unspecified atom stereocenters. The maximum atomic E-state index is 12.4. The van der Waals surface area contributed by atoms with Gasteiger partial charge in [-0.3, -0.25) is 14.4 Å². The lowest BCUT2D eigenvalue weighted by atomic mass is 10.1. The van der Waals surface area contributed by atoms with Crippen LogP contribution in [0.1, 0.15) is 22.3 Å². The van der Waals surface area contributed by atoms with E-state index >= 15 is 0 Å². The summed E-state index contributed by atoms with van der Waals surface area (Å²) in [5.41, 5.74) is 1.18. The third-order valence-electron chi connectivity index (χ3n) is 4.91. The molecule has 2 aliphatic heterocycles. The first-order valence-corrected chi connectivity index (χ1v) is 9.49. The van der Waals surface area contributed by atoms with Gasteiger partial charge in [-0.15, -0.1) is 0 Å². The Morgan fingerprint density at radius 1 is 1.14 bits per heavy atom. The van der Waals surface area contributed by atoms with Crippen molar-refractivity contribution in [3.8, 4) is 11.5 Å². The highest BCUT2D eigenvalue weighted by atomic mass is 35.5. The van der Waals surface area contributed by atoms with Crippen molar-refractivity contribution in [1.29, 1.82) is 0 Å². The number of hydrogen-bond donors (Lipinski definition) is 0. The van der Waals surface area contributed by atoms with E-state index in [-0.39, 0.29) is 31.4 Å². The molecule has 2 aliphatic rings. The molecule has 1 saturated heterocycles. The standard InChI is InChI=1S/C21H18ClNO6/c22-16-4-2-1-3-14(16)9-23-10-15(8-20(23)25)21(26)27-11-17(24)13-5-6-18-19(7-13)29-12-28-18/h1-7,15H,8-12H2/t15-/m1/s1. The summed E-state index contributed by atoms with van der Waals surface area (Å²) in [6, 6.07) is 12.0. The van der Waals surface area contributed by atoms with Gasteiger partial charge in [0.25, 0.3) is 0 Å². The number of rotatable bonds is 6. The number of amides is 1. The van der Waals surface area contributed by atoms with Crippen LogP contribution >= 0.6 is 11.6 Å². The topological polar surface area (TPSA) is 82.1 Å². The molecular weight excluding hydrogens is 398 g/mol. The molecule has 0 spiro atoms. The minimum Gasteiger partial charge on any atom is -0.457 e. The van der Waals surface area contributed by atoms with Gasteiger partial charge in [0.1, 0.15) is 0 Å². The molecule has 8 heteroatoms. The molecule has 4 rings (SSSR count). The zero-order chi connectivity index (χ0) is 20.4. The van der Waals surface area contributed by atoms with Crippen molar-refractivity contribution in [3.63, 3.8) is 0 Å². The van der Waals surface area contributed by atoms with Gasteiger partial charge in [0.2, 0.25) is 12.7 Å². The highest BCUT2D eigenvalue weighted by Crippen LogP contribution is 2.32. The lowest BCUT2D eigenvalue weighted by Crippen LogP contribution is -2.27. The molecule has 1 amide bonds. The highest BCUT2D eigenvalue weighted by Gasteiger charge is 2.35. The van der Waals surface area contributed by atoms with Crippen LogP contribution in [0, 0.1) is 5.92 Å². The summed E-state index contributed by atoms with van der Waals surface area (Å²) in [4.78, 5) is 38.5. The molecule has 0 N–H and O–H groups in total. The number of fused-ring (bicyclic) bond motifs is 1. The Labute approximate surface area is 172 Å². The monoisotopic (exact) mass is 415 g/mol. The predicted octanol–water partition coefficient (Wildman–Crippen LogP) is 2.84. The summed E-state index contributed by atoms with van der Waals surface area (Å²) < 4.78 is 15.6. The number of hydrogen-bond acceptors (Lipinski definition) is 6. The van der Waals surface area contributed by atoms with Crippen LogP contribution in [-0.2, 0) is 20.9 Å². The number of nitrogens with zero attached hydrogens (tertiary/aromatic N) is 1. The summed E-state index contributed by atoms with van der Waals surface area (Å²) in [5, 5.41) is 0.570. The number of carbonyl (C=O) groups is 3. The summed E-state index contributed by atoms with van der Waals surface area (Å²) >= 11 is 6.14. The van der Waals surface area contributed by atoms with Gasteiger partial charge in [0, 0.05) is 30.1 Å². The van der Waals surface area contributed by atoms with Gasteiger partial charge in [-0.05, 0) is 29.8 Å². The van der Waals surface area contributed by atoms with E-state index in [1.54, 1.807) is 29.2 Å². The van der Waals surface area contributed by atoms with Crippen molar-refractivity contribution >= 4 is 29.3 Å². The minimum absolute atomic E-state index is 0.0570. The normalized spacial score (nSPS) is 17.5. The molecule has 1 atom stereocenters. The number of carbonyl (C=O) groups excluding carboxylic acids is 3. The van der Waals surface area contributed by atoms with E-state index in [1.165, 1.54) is 0 Å². The zero-order valence-corrected chi connectivity index (χ0v) is 16.2. The first-order valence-electron chi connectivity index (χ1n) is 9.12. The van der Waals surface area contributed by atoms with Crippen LogP contribution < -0.4 is 9.47 Å². The van der Waals surface area contributed by atoms with Crippen molar-refractivity contribution in [2.75, 3.05) is 19.9 Å². The second kappa shape index (κ2) is 8.13. The Morgan fingerprint density at radius 2 is 1.93 bits per heavy atom. The Hall–Kier alpha value is -3.06. The third-order valence-corrected chi connectivity index (χ3v) is 5.28. The predicted molar refractivity (Wildman–Crippen MR) is 103 cm³/mol. The molecule has 2 aromatic carbocycles. The van der Waals surface area contributed by atoms with Crippen LogP contribution in [0.15, 0.2) is 42.5 Å². The average Bonchev–Trinajstić information content (AvgIpc) is 3.33. The lowest BCUT2D eigenvalue weighted by molar-refractivity contribution is -0.147. The van der Waals surface area contributed by atoms with Gasteiger partial charge in [0.05, 0.1) is 5.92 Å². The van der Waals surface area contributed by atoms with Crippen molar-refractivity contribution in [2.45, 2.75) is 13.0 Å². The molecule has 29 heavy (non-hydrogen) atoms. The number of ketones is 1. The number of benzene rings is 2. The van der Waals surface area contributed by atoms with Crippen molar-refractivity contribution < 1.29 is 28.6 Å². The molecule has 2 aromatic rings. The second-order valence-electron chi connectivity index (χ2n) is 6.87. The van der Waals surface area contributed by atoms with Crippen LogP contribution in [0.5, 0.6) is 11.5 Å². The molecule has 1 fully saturated rings. The van der Waals surface area contributed by atoms with E-state index in [0.717, 1.165) is 5.56 Å².